The average molecular weight is 493 g/mol. The Morgan fingerprint density at radius 3 is 2.62 bits per heavy atom. The number of furan rings is 1. The Labute approximate surface area is 204 Å². The summed E-state index contributed by atoms with van der Waals surface area (Å²) in [5.74, 6) is 1.29. The van der Waals surface area contributed by atoms with Gasteiger partial charge in [-0.15, -0.1) is 0 Å². The number of benzene rings is 2. The van der Waals surface area contributed by atoms with Crippen LogP contribution in [-0.4, -0.2) is 40.2 Å². The molecular formula is C24H17ClN4O4S. The first kappa shape index (κ1) is 22.0. The van der Waals surface area contributed by atoms with Gasteiger partial charge >= 0.3 is 0 Å². The summed E-state index contributed by atoms with van der Waals surface area (Å²) in [4.78, 5) is 16.7. The molecule has 0 aliphatic carbocycles. The number of hydrogen-bond donors (Lipinski definition) is 1. The molecule has 5 rings (SSSR count). The lowest BCUT2D eigenvalue weighted by molar-refractivity contribution is -0.114. The second kappa shape index (κ2) is 9.58. The molecule has 2 aromatic carbocycles. The average Bonchev–Trinajstić information content (AvgIpc) is 3.52. The van der Waals surface area contributed by atoms with Crippen LogP contribution in [0.2, 0.25) is 5.02 Å². The quantitative estimate of drug-likeness (QED) is 0.365. The van der Waals surface area contributed by atoms with E-state index in [-0.39, 0.29) is 11.4 Å². The lowest BCUT2D eigenvalue weighted by Crippen LogP contribution is -2.35. The SMILES string of the molecule is N=C1C(=Cc2ccc(OCCOc3ccccc3Cl)cc2)C(=O)N=C2SC(c3ccco3)=NN12. The molecule has 2 aliphatic rings. The number of para-hydroxylation sites is 1. The minimum atomic E-state index is -0.489. The summed E-state index contributed by atoms with van der Waals surface area (Å²) >= 11 is 7.25. The van der Waals surface area contributed by atoms with Gasteiger partial charge < -0.3 is 13.9 Å². The molecule has 170 valence electrons. The van der Waals surface area contributed by atoms with Gasteiger partial charge in [0.1, 0.15) is 24.7 Å². The molecule has 3 heterocycles. The van der Waals surface area contributed by atoms with Gasteiger partial charge in [0.05, 0.1) is 16.9 Å². The number of rotatable bonds is 7. The first-order valence-corrected chi connectivity index (χ1v) is 11.4. The lowest BCUT2D eigenvalue weighted by Gasteiger charge is -2.20. The van der Waals surface area contributed by atoms with Crippen LogP contribution >= 0.6 is 23.4 Å². The van der Waals surface area contributed by atoms with E-state index >= 15 is 0 Å². The first-order chi connectivity index (χ1) is 16.6. The number of hydrogen-bond acceptors (Lipinski definition) is 7. The molecule has 0 bridgehead atoms. The number of thioether (sulfide) groups is 1. The van der Waals surface area contributed by atoms with Gasteiger partial charge in [0, 0.05) is 0 Å². The Hall–Kier alpha value is -3.82. The second-order valence-electron chi connectivity index (χ2n) is 7.10. The summed E-state index contributed by atoms with van der Waals surface area (Å²) in [5, 5.41) is 15.6. The van der Waals surface area contributed by atoms with Crippen molar-refractivity contribution >= 4 is 51.4 Å². The van der Waals surface area contributed by atoms with Crippen molar-refractivity contribution in [3.63, 3.8) is 0 Å². The van der Waals surface area contributed by atoms with Crippen LogP contribution in [-0.2, 0) is 4.79 Å². The fourth-order valence-electron chi connectivity index (χ4n) is 3.19. The number of amidine groups is 2. The van der Waals surface area contributed by atoms with Gasteiger partial charge in [-0.2, -0.15) is 15.1 Å². The number of hydrazone groups is 1. The standard InChI is InChI=1S/C24H17ClN4O4S/c25-18-4-1-2-5-19(18)33-13-12-31-16-9-7-15(8-10-16)14-17-21(26)29-24(27-22(17)30)34-23(28-29)20-6-3-11-32-20/h1-11,14,26H,12-13H2. The molecule has 0 spiro atoms. The van der Waals surface area contributed by atoms with E-state index in [4.69, 9.17) is 30.9 Å². The lowest BCUT2D eigenvalue weighted by atomic mass is 10.1. The van der Waals surface area contributed by atoms with Gasteiger partial charge in [-0.25, -0.2) is 0 Å². The Balaban J connectivity index is 1.22. The molecule has 1 N–H and O–H groups in total. The number of fused-ring (bicyclic) bond motifs is 1. The van der Waals surface area contributed by atoms with E-state index in [0.29, 0.717) is 45.7 Å². The van der Waals surface area contributed by atoms with Crippen molar-refractivity contribution < 1.29 is 18.7 Å². The molecule has 3 aromatic rings. The summed E-state index contributed by atoms with van der Waals surface area (Å²) in [6.07, 6.45) is 3.15. The summed E-state index contributed by atoms with van der Waals surface area (Å²) in [6, 6.07) is 17.9. The molecule has 0 saturated heterocycles. The molecule has 8 nitrogen and oxygen atoms in total. The van der Waals surface area contributed by atoms with Crippen LogP contribution in [0.5, 0.6) is 11.5 Å². The van der Waals surface area contributed by atoms with Gasteiger partial charge in [0.2, 0.25) is 5.17 Å². The van der Waals surface area contributed by atoms with Gasteiger partial charge in [-0.1, -0.05) is 35.9 Å². The van der Waals surface area contributed by atoms with Crippen LogP contribution in [0, 0.1) is 5.41 Å². The normalized spacial score (nSPS) is 16.4. The van der Waals surface area contributed by atoms with E-state index in [1.54, 1.807) is 60.9 Å². The molecule has 10 heteroatoms. The number of ether oxygens (including phenoxy) is 2. The second-order valence-corrected chi connectivity index (χ2v) is 8.46. The number of nitrogens with zero attached hydrogens (tertiary/aromatic N) is 3. The highest BCUT2D eigenvalue weighted by molar-refractivity contribution is 8.27. The summed E-state index contributed by atoms with van der Waals surface area (Å²) in [6.45, 7) is 0.685. The van der Waals surface area contributed by atoms with Gasteiger partial charge in [-0.05, 0) is 59.8 Å². The minimum absolute atomic E-state index is 0.0406. The Morgan fingerprint density at radius 1 is 1.06 bits per heavy atom. The number of nitrogens with one attached hydrogen (secondary N) is 1. The van der Waals surface area contributed by atoms with Crippen molar-refractivity contribution in [2.75, 3.05) is 13.2 Å². The van der Waals surface area contributed by atoms with E-state index < -0.39 is 5.91 Å². The fourth-order valence-corrected chi connectivity index (χ4v) is 4.24. The van der Waals surface area contributed by atoms with E-state index in [1.165, 1.54) is 16.8 Å². The molecule has 1 aromatic heterocycles. The van der Waals surface area contributed by atoms with Gasteiger partial charge in [-0.3, -0.25) is 10.2 Å². The molecule has 0 saturated carbocycles. The molecule has 0 unspecified atom stereocenters. The van der Waals surface area contributed by atoms with Crippen LogP contribution < -0.4 is 9.47 Å². The molecule has 2 aliphatic heterocycles. The summed E-state index contributed by atoms with van der Waals surface area (Å²) in [7, 11) is 0. The van der Waals surface area contributed by atoms with Crippen LogP contribution in [0.4, 0.5) is 0 Å². The Bertz CT molecular complexity index is 1330. The largest absolute Gasteiger partial charge is 0.490 e. The molecule has 1 amide bonds. The van der Waals surface area contributed by atoms with Crippen molar-refractivity contribution in [3.05, 3.63) is 88.8 Å². The highest BCUT2D eigenvalue weighted by atomic mass is 35.5. The first-order valence-electron chi connectivity index (χ1n) is 10.2. The van der Waals surface area contributed by atoms with Crippen molar-refractivity contribution in [3.8, 4) is 11.5 Å². The van der Waals surface area contributed by atoms with Crippen LogP contribution in [0.1, 0.15) is 11.3 Å². The van der Waals surface area contributed by atoms with Crippen molar-refractivity contribution in [2.24, 2.45) is 10.1 Å². The van der Waals surface area contributed by atoms with Gasteiger partial charge in [0.15, 0.2) is 16.6 Å². The Morgan fingerprint density at radius 2 is 1.85 bits per heavy atom. The predicted octanol–water partition coefficient (Wildman–Crippen LogP) is 5.06. The molecule has 0 atom stereocenters. The summed E-state index contributed by atoms with van der Waals surface area (Å²) < 4.78 is 16.7. The topological polar surface area (TPSA) is 100 Å². The maximum absolute atomic E-state index is 12.6. The third kappa shape index (κ3) is 4.61. The van der Waals surface area contributed by atoms with E-state index in [9.17, 15) is 4.79 Å². The van der Waals surface area contributed by atoms with E-state index in [1.807, 2.05) is 12.1 Å². The van der Waals surface area contributed by atoms with E-state index in [0.717, 1.165) is 5.56 Å². The fraction of sp³-hybridized carbons (Fsp3) is 0.0833. The number of amides is 1. The highest BCUT2D eigenvalue weighted by Crippen LogP contribution is 2.31. The third-order valence-electron chi connectivity index (χ3n) is 4.82. The monoisotopic (exact) mass is 492 g/mol. The number of aliphatic imine (C=N–C) groups is 1. The zero-order chi connectivity index (χ0) is 23.5. The molecular weight excluding hydrogens is 476 g/mol. The molecule has 0 fully saturated rings. The van der Waals surface area contributed by atoms with Crippen LogP contribution in [0.25, 0.3) is 6.08 Å². The van der Waals surface area contributed by atoms with Crippen molar-refractivity contribution in [1.29, 1.82) is 5.41 Å². The number of halogens is 1. The maximum atomic E-state index is 12.6. The van der Waals surface area contributed by atoms with Gasteiger partial charge in [0.25, 0.3) is 5.91 Å². The zero-order valence-corrected chi connectivity index (χ0v) is 19.2. The molecule has 34 heavy (non-hydrogen) atoms. The Kier molecular flexibility index (Phi) is 6.20. The smallest absolute Gasteiger partial charge is 0.283 e. The molecule has 0 radical (unpaired) electrons. The highest BCUT2D eigenvalue weighted by Gasteiger charge is 2.36. The maximum Gasteiger partial charge on any atom is 0.283 e. The van der Waals surface area contributed by atoms with E-state index in [2.05, 4.69) is 10.1 Å². The number of carbonyl (C=O) groups is 1. The predicted molar refractivity (Wildman–Crippen MR) is 132 cm³/mol. The zero-order valence-electron chi connectivity index (χ0n) is 17.6. The van der Waals surface area contributed by atoms with Crippen LogP contribution in [0.3, 0.4) is 0 Å². The van der Waals surface area contributed by atoms with Crippen LogP contribution in [0.15, 0.2) is 87.0 Å². The summed E-state index contributed by atoms with van der Waals surface area (Å²) in [5.41, 5.74) is 0.879. The van der Waals surface area contributed by atoms with Crippen molar-refractivity contribution in [2.45, 2.75) is 0 Å². The van der Waals surface area contributed by atoms with Crippen molar-refractivity contribution in [1.82, 2.24) is 5.01 Å². The minimum Gasteiger partial charge on any atom is -0.490 e. The third-order valence-corrected chi connectivity index (χ3v) is 6.06. The number of carbonyl (C=O) groups excluding carboxylic acids is 1.